The first-order valence-corrected chi connectivity index (χ1v) is 9.48. The molecule has 2 aromatic carbocycles. The normalized spacial score (nSPS) is 13.5. The van der Waals surface area contributed by atoms with Gasteiger partial charge in [-0.15, -0.1) is 0 Å². The molecule has 144 valence electrons. The highest BCUT2D eigenvalue weighted by molar-refractivity contribution is 6.31. The van der Waals surface area contributed by atoms with Crippen LogP contribution < -0.4 is 9.80 Å². The predicted molar refractivity (Wildman–Crippen MR) is 113 cm³/mol. The summed E-state index contributed by atoms with van der Waals surface area (Å²) < 4.78 is 1.84. The Hall–Kier alpha value is -2.83. The maximum absolute atomic E-state index is 13.6. The van der Waals surface area contributed by atoms with E-state index in [2.05, 4.69) is 4.90 Å². The molecule has 0 atom stereocenters. The fourth-order valence-corrected chi connectivity index (χ4v) is 3.53. The molecule has 2 heterocycles. The predicted octanol–water partition coefficient (Wildman–Crippen LogP) is 4.16. The Balaban J connectivity index is 1.88. The second-order valence-electron chi connectivity index (χ2n) is 7.10. The third-order valence-electron chi connectivity index (χ3n) is 4.82. The van der Waals surface area contributed by atoms with E-state index < -0.39 is 0 Å². The third kappa shape index (κ3) is 3.25. The van der Waals surface area contributed by atoms with Crippen molar-refractivity contribution in [1.82, 2.24) is 14.7 Å². The van der Waals surface area contributed by atoms with Crippen LogP contribution in [0.2, 0.25) is 5.02 Å². The van der Waals surface area contributed by atoms with Gasteiger partial charge in [-0.3, -0.25) is 14.4 Å². The van der Waals surface area contributed by atoms with E-state index >= 15 is 0 Å². The Labute approximate surface area is 169 Å². The number of hydrogen-bond donors (Lipinski definition) is 0. The van der Waals surface area contributed by atoms with E-state index in [1.165, 1.54) is 0 Å². The molecule has 0 saturated carbocycles. The smallest absolute Gasteiger partial charge is 0.268 e. The lowest BCUT2D eigenvalue weighted by molar-refractivity contribution is 0.100. The van der Waals surface area contributed by atoms with Gasteiger partial charge in [-0.1, -0.05) is 29.8 Å². The van der Waals surface area contributed by atoms with Gasteiger partial charge in [0.25, 0.3) is 5.91 Å². The van der Waals surface area contributed by atoms with Gasteiger partial charge in [-0.25, -0.2) is 0 Å². The molecular formula is C21H22ClN5O. The van der Waals surface area contributed by atoms with Crippen molar-refractivity contribution in [3.05, 3.63) is 65.3 Å². The number of para-hydroxylation sites is 1. The molecule has 1 amide bonds. The Kier molecular flexibility index (Phi) is 4.83. The molecule has 0 N–H and O–H groups in total. The summed E-state index contributed by atoms with van der Waals surface area (Å²) in [6.45, 7) is 1.55. The Morgan fingerprint density at radius 1 is 1.07 bits per heavy atom. The molecule has 0 fully saturated rings. The highest BCUT2D eigenvalue weighted by atomic mass is 35.5. The van der Waals surface area contributed by atoms with E-state index in [9.17, 15) is 4.79 Å². The number of aromatic nitrogens is 2. The number of rotatable bonds is 4. The van der Waals surface area contributed by atoms with E-state index in [0.29, 0.717) is 22.9 Å². The third-order valence-corrected chi connectivity index (χ3v) is 5.06. The molecule has 4 rings (SSSR count). The van der Waals surface area contributed by atoms with Crippen molar-refractivity contribution in [3.8, 4) is 0 Å². The Morgan fingerprint density at radius 2 is 1.82 bits per heavy atom. The van der Waals surface area contributed by atoms with Gasteiger partial charge in [0.05, 0.1) is 17.9 Å². The zero-order valence-electron chi connectivity index (χ0n) is 16.1. The van der Waals surface area contributed by atoms with Crippen LogP contribution in [0.1, 0.15) is 10.4 Å². The van der Waals surface area contributed by atoms with Crippen molar-refractivity contribution >= 4 is 40.4 Å². The van der Waals surface area contributed by atoms with Gasteiger partial charge in [0.1, 0.15) is 5.56 Å². The molecule has 7 heteroatoms. The molecule has 0 unspecified atom stereocenters. The Bertz CT molecular complexity index is 1010. The van der Waals surface area contributed by atoms with E-state index in [-0.39, 0.29) is 5.91 Å². The SMILES string of the molecule is CN(C)CCn1cc2c(n1)N(C)c1ccc(Cl)cc1N(c1ccccc1)C2=O. The minimum Gasteiger partial charge on any atom is -0.326 e. The zero-order valence-corrected chi connectivity index (χ0v) is 16.9. The molecule has 1 aliphatic heterocycles. The number of likely N-dealkylation sites (N-methyl/N-ethyl adjacent to an activating group) is 1. The standard InChI is InChI=1S/C21H22ClN5O/c1-24(2)11-12-26-14-17-20(23-26)25(3)18-10-9-15(22)13-19(18)27(21(17)28)16-7-5-4-6-8-16/h4-10,13-14H,11-12H2,1-3H3. The van der Waals surface area contributed by atoms with Crippen molar-refractivity contribution in [2.75, 3.05) is 37.5 Å². The maximum atomic E-state index is 13.6. The number of benzene rings is 2. The van der Waals surface area contributed by atoms with Gasteiger partial charge in [0, 0.05) is 30.5 Å². The van der Waals surface area contributed by atoms with Crippen LogP contribution in [0.3, 0.4) is 0 Å². The molecule has 0 aliphatic carbocycles. The monoisotopic (exact) mass is 395 g/mol. The van der Waals surface area contributed by atoms with E-state index in [4.69, 9.17) is 16.7 Å². The highest BCUT2D eigenvalue weighted by Crippen LogP contribution is 2.43. The molecule has 0 saturated heterocycles. The first kappa shape index (κ1) is 18.5. The van der Waals surface area contributed by atoms with Crippen molar-refractivity contribution in [2.24, 2.45) is 0 Å². The summed E-state index contributed by atoms with van der Waals surface area (Å²) in [5.74, 6) is 0.524. The molecule has 1 aliphatic rings. The van der Waals surface area contributed by atoms with Crippen LogP contribution in [0.4, 0.5) is 22.9 Å². The maximum Gasteiger partial charge on any atom is 0.268 e. The lowest BCUT2D eigenvalue weighted by atomic mass is 10.2. The molecule has 6 nitrogen and oxygen atoms in total. The van der Waals surface area contributed by atoms with E-state index in [1.807, 2.05) is 85.5 Å². The second kappa shape index (κ2) is 7.30. The summed E-state index contributed by atoms with van der Waals surface area (Å²) in [5, 5.41) is 5.28. The number of halogens is 1. The average Bonchev–Trinajstić information content (AvgIpc) is 3.08. The van der Waals surface area contributed by atoms with Gasteiger partial charge in [0.2, 0.25) is 0 Å². The van der Waals surface area contributed by atoms with Gasteiger partial charge >= 0.3 is 0 Å². The minimum absolute atomic E-state index is 0.120. The van der Waals surface area contributed by atoms with Gasteiger partial charge < -0.3 is 9.80 Å². The summed E-state index contributed by atoms with van der Waals surface area (Å²) in [7, 11) is 5.96. The molecule has 0 radical (unpaired) electrons. The Morgan fingerprint density at radius 3 is 2.54 bits per heavy atom. The van der Waals surface area contributed by atoms with Gasteiger partial charge in [-0.05, 0) is 44.4 Å². The highest BCUT2D eigenvalue weighted by Gasteiger charge is 2.33. The quantitative estimate of drug-likeness (QED) is 0.665. The van der Waals surface area contributed by atoms with Crippen LogP contribution in [-0.4, -0.2) is 48.3 Å². The number of hydrogen-bond acceptors (Lipinski definition) is 4. The number of anilines is 4. The first-order chi connectivity index (χ1) is 13.5. The summed E-state index contributed by atoms with van der Waals surface area (Å²) in [4.78, 5) is 19.4. The molecule has 0 bridgehead atoms. The number of fused-ring (bicyclic) bond motifs is 2. The topological polar surface area (TPSA) is 44.6 Å². The van der Waals surface area contributed by atoms with Crippen molar-refractivity contribution in [1.29, 1.82) is 0 Å². The minimum atomic E-state index is -0.120. The molecule has 1 aromatic heterocycles. The molecular weight excluding hydrogens is 374 g/mol. The van der Waals surface area contributed by atoms with Gasteiger partial charge in [0.15, 0.2) is 5.82 Å². The summed E-state index contributed by atoms with van der Waals surface area (Å²) in [6.07, 6.45) is 1.83. The van der Waals surface area contributed by atoms with Crippen molar-refractivity contribution < 1.29 is 4.79 Å². The van der Waals surface area contributed by atoms with Crippen LogP contribution in [0.15, 0.2) is 54.7 Å². The summed E-state index contributed by atoms with van der Waals surface area (Å²) >= 11 is 6.28. The largest absolute Gasteiger partial charge is 0.326 e. The van der Waals surface area contributed by atoms with Crippen molar-refractivity contribution in [2.45, 2.75) is 6.54 Å². The van der Waals surface area contributed by atoms with Crippen LogP contribution in [0.5, 0.6) is 0 Å². The molecule has 3 aromatic rings. The van der Waals surface area contributed by atoms with Gasteiger partial charge in [-0.2, -0.15) is 5.10 Å². The van der Waals surface area contributed by atoms with Crippen LogP contribution in [0, 0.1) is 0 Å². The lowest BCUT2D eigenvalue weighted by Gasteiger charge is -2.25. The molecule has 0 spiro atoms. The number of carbonyl (C=O) groups excluding carboxylic acids is 1. The second-order valence-corrected chi connectivity index (χ2v) is 7.54. The fraction of sp³-hybridized carbons (Fsp3) is 0.238. The number of carbonyl (C=O) groups is 1. The molecule has 28 heavy (non-hydrogen) atoms. The zero-order chi connectivity index (χ0) is 19.8. The first-order valence-electron chi connectivity index (χ1n) is 9.10. The van der Waals surface area contributed by atoms with E-state index in [0.717, 1.165) is 23.6 Å². The van der Waals surface area contributed by atoms with Crippen LogP contribution >= 0.6 is 11.6 Å². The summed E-state index contributed by atoms with van der Waals surface area (Å²) in [5.41, 5.74) is 2.97. The summed E-state index contributed by atoms with van der Waals surface area (Å²) in [6, 6.07) is 15.2. The van der Waals surface area contributed by atoms with E-state index in [1.54, 1.807) is 4.90 Å². The average molecular weight is 396 g/mol. The lowest BCUT2D eigenvalue weighted by Crippen LogP contribution is -2.25. The number of amides is 1. The van der Waals surface area contributed by atoms with Crippen molar-refractivity contribution in [3.63, 3.8) is 0 Å². The fourth-order valence-electron chi connectivity index (χ4n) is 3.36. The van der Waals surface area contributed by atoms with Crippen LogP contribution in [-0.2, 0) is 6.54 Å². The number of nitrogens with zero attached hydrogens (tertiary/aromatic N) is 5. The van der Waals surface area contributed by atoms with Crippen LogP contribution in [0.25, 0.3) is 0 Å².